The van der Waals surface area contributed by atoms with Crippen molar-refractivity contribution < 1.29 is 9.53 Å². The molecule has 2 aromatic rings. The van der Waals surface area contributed by atoms with Crippen molar-refractivity contribution >= 4 is 8.32 Å². The molecular weight excluding hydrogens is 400 g/mol. The summed E-state index contributed by atoms with van der Waals surface area (Å²) >= 11 is 0. The van der Waals surface area contributed by atoms with Gasteiger partial charge in [-0.2, -0.15) is 0 Å². The van der Waals surface area contributed by atoms with Gasteiger partial charge in [0.1, 0.15) is 5.60 Å². The summed E-state index contributed by atoms with van der Waals surface area (Å²) in [6.45, 7) is 14.2. The lowest BCUT2D eigenvalue weighted by atomic mass is 10.0. The van der Waals surface area contributed by atoms with Crippen LogP contribution in [0.3, 0.4) is 0 Å². The van der Waals surface area contributed by atoms with Crippen LogP contribution in [0.25, 0.3) is 0 Å². The van der Waals surface area contributed by atoms with E-state index in [1.54, 1.807) is 0 Å². The number of aliphatic hydroxyl groups is 1. The standard InChI is InChI=1S/C26H42N2O2Si/c1-25(2,3)31(6,7)30-22-26(29,20-27(4)18-23-14-10-8-11-15-23)21-28(5)19-24-16-12-9-13-17-24/h8-17,29H,18-22H2,1-7H3. The van der Waals surface area contributed by atoms with Gasteiger partial charge >= 0.3 is 0 Å². The van der Waals surface area contributed by atoms with Gasteiger partial charge in [-0.15, -0.1) is 0 Å². The molecule has 2 aromatic carbocycles. The lowest BCUT2D eigenvalue weighted by Gasteiger charge is -2.41. The molecule has 0 atom stereocenters. The van der Waals surface area contributed by atoms with Gasteiger partial charge in [-0.3, -0.25) is 9.80 Å². The van der Waals surface area contributed by atoms with Gasteiger partial charge in [0.15, 0.2) is 8.32 Å². The first-order valence-corrected chi connectivity index (χ1v) is 14.1. The Labute approximate surface area is 191 Å². The number of rotatable bonds is 11. The molecule has 172 valence electrons. The van der Waals surface area contributed by atoms with Crippen molar-refractivity contribution in [3.8, 4) is 0 Å². The molecule has 5 heteroatoms. The minimum absolute atomic E-state index is 0.111. The van der Waals surface area contributed by atoms with E-state index in [0.29, 0.717) is 19.7 Å². The summed E-state index contributed by atoms with van der Waals surface area (Å²) in [5, 5.41) is 11.9. The molecule has 0 aliphatic heterocycles. The zero-order valence-electron chi connectivity index (χ0n) is 20.6. The van der Waals surface area contributed by atoms with Crippen LogP contribution in [0.4, 0.5) is 0 Å². The third-order valence-corrected chi connectivity index (χ3v) is 10.7. The van der Waals surface area contributed by atoms with Crippen molar-refractivity contribution in [2.45, 2.75) is 57.6 Å². The molecule has 2 rings (SSSR count). The number of likely N-dealkylation sites (N-methyl/N-ethyl adjacent to an activating group) is 2. The summed E-state index contributed by atoms with van der Waals surface area (Å²) in [4.78, 5) is 4.39. The smallest absolute Gasteiger partial charge is 0.192 e. The number of benzene rings is 2. The molecule has 0 amide bonds. The summed E-state index contributed by atoms with van der Waals surface area (Å²) in [6, 6.07) is 20.8. The largest absolute Gasteiger partial charge is 0.414 e. The van der Waals surface area contributed by atoms with Crippen molar-refractivity contribution in [1.29, 1.82) is 0 Å². The average Bonchev–Trinajstić information content (AvgIpc) is 2.67. The molecular formula is C26H42N2O2Si. The molecule has 0 saturated heterocycles. The normalized spacial score (nSPS) is 13.2. The van der Waals surface area contributed by atoms with Crippen molar-refractivity contribution in [2.75, 3.05) is 33.8 Å². The first kappa shape index (κ1) is 25.8. The minimum atomic E-state index is -1.96. The van der Waals surface area contributed by atoms with Crippen LogP contribution in [0.1, 0.15) is 31.9 Å². The van der Waals surface area contributed by atoms with Gasteiger partial charge in [-0.1, -0.05) is 81.4 Å². The monoisotopic (exact) mass is 442 g/mol. The van der Waals surface area contributed by atoms with Gasteiger partial charge in [-0.25, -0.2) is 0 Å². The molecule has 0 unspecified atom stereocenters. The summed E-state index contributed by atoms with van der Waals surface area (Å²) in [5.41, 5.74) is 1.54. The van der Waals surface area contributed by atoms with E-state index < -0.39 is 13.9 Å². The van der Waals surface area contributed by atoms with E-state index in [-0.39, 0.29) is 5.04 Å². The quantitative estimate of drug-likeness (QED) is 0.497. The van der Waals surface area contributed by atoms with E-state index in [2.05, 4.69) is 106 Å². The van der Waals surface area contributed by atoms with E-state index in [4.69, 9.17) is 4.43 Å². The second kappa shape index (κ2) is 10.9. The van der Waals surface area contributed by atoms with Gasteiger partial charge in [0.2, 0.25) is 0 Å². The third kappa shape index (κ3) is 8.51. The third-order valence-electron chi connectivity index (χ3n) is 6.23. The zero-order chi connectivity index (χ0) is 23.1. The van der Waals surface area contributed by atoms with Crippen LogP contribution in [0.2, 0.25) is 18.1 Å². The van der Waals surface area contributed by atoms with Crippen molar-refractivity contribution in [1.82, 2.24) is 9.80 Å². The lowest BCUT2D eigenvalue weighted by Crippen LogP contribution is -2.55. The minimum Gasteiger partial charge on any atom is -0.414 e. The van der Waals surface area contributed by atoms with Crippen LogP contribution in [-0.2, 0) is 17.5 Å². The van der Waals surface area contributed by atoms with Crippen molar-refractivity contribution in [3.05, 3.63) is 71.8 Å². The maximum absolute atomic E-state index is 11.8. The first-order valence-electron chi connectivity index (χ1n) is 11.2. The molecule has 1 N–H and O–H groups in total. The molecule has 0 aliphatic rings. The fraction of sp³-hybridized carbons (Fsp3) is 0.538. The maximum Gasteiger partial charge on any atom is 0.192 e. The molecule has 0 saturated carbocycles. The summed E-state index contributed by atoms with van der Waals surface area (Å²) < 4.78 is 6.50. The van der Waals surface area contributed by atoms with E-state index in [1.807, 2.05) is 12.1 Å². The van der Waals surface area contributed by atoms with E-state index in [0.717, 1.165) is 13.1 Å². The second-order valence-electron chi connectivity index (χ2n) is 10.6. The Bertz CT molecular complexity index is 725. The van der Waals surface area contributed by atoms with Crippen LogP contribution in [0.15, 0.2) is 60.7 Å². The Morgan fingerprint density at radius 1 is 0.774 bits per heavy atom. The average molecular weight is 443 g/mol. The van der Waals surface area contributed by atoms with Crippen LogP contribution < -0.4 is 0 Å². The highest BCUT2D eigenvalue weighted by atomic mass is 28.4. The SMILES string of the molecule is CN(Cc1ccccc1)CC(O)(CO[Si](C)(C)C(C)(C)C)CN(C)Cc1ccccc1. The fourth-order valence-electron chi connectivity index (χ4n) is 3.58. The summed E-state index contributed by atoms with van der Waals surface area (Å²) in [6.07, 6.45) is 0. The lowest BCUT2D eigenvalue weighted by molar-refractivity contribution is -0.0523. The maximum atomic E-state index is 11.8. The Morgan fingerprint density at radius 2 is 1.16 bits per heavy atom. The predicted molar refractivity (Wildman–Crippen MR) is 134 cm³/mol. The van der Waals surface area contributed by atoms with Gasteiger partial charge in [0, 0.05) is 26.2 Å². The summed E-state index contributed by atoms with van der Waals surface area (Å²) in [7, 11) is 2.18. The molecule has 0 heterocycles. The van der Waals surface area contributed by atoms with E-state index in [9.17, 15) is 5.11 Å². The number of hydrogen-bond donors (Lipinski definition) is 1. The topological polar surface area (TPSA) is 35.9 Å². The van der Waals surface area contributed by atoms with Gasteiger partial charge in [-0.05, 0) is 43.4 Å². The molecule has 0 fully saturated rings. The van der Waals surface area contributed by atoms with Crippen LogP contribution in [-0.4, -0.2) is 62.6 Å². The number of nitrogens with zero attached hydrogens (tertiary/aromatic N) is 2. The molecule has 0 aliphatic carbocycles. The Kier molecular flexibility index (Phi) is 9.04. The van der Waals surface area contributed by atoms with Gasteiger partial charge < -0.3 is 9.53 Å². The zero-order valence-corrected chi connectivity index (χ0v) is 21.6. The van der Waals surface area contributed by atoms with E-state index in [1.165, 1.54) is 11.1 Å². The second-order valence-corrected chi connectivity index (χ2v) is 15.4. The molecule has 0 aromatic heterocycles. The molecule has 0 spiro atoms. The highest BCUT2D eigenvalue weighted by molar-refractivity contribution is 6.74. The number of hydrogen-bond acceptors (Lipinski definition) is 4. The Hall–Kier alpha value is -1.50. The van der Waals surface area contributed by atoms with Gasteiger partial charge in [0.25, 0.3) is 0 Å². The Morgan fingerprint density at radius 3 is 1.52 bits per heavy atom. The predicted octanol–water partition coefficient (Wildman–Crippen LogP) is 5.00. The van der Waals surface area contributed by atoms with Crippen molar-refractivity contribution in [3.63, 3.8) is 0 Å². The highest BCUT2D eigenvalue weighted by Crippen LogP contribution is 2.37. The molecule has 0 radical (unpaired) electrons. The highest BCUT2D eigenvalue weighted by Gasteiger charge is 2.40. The van der Waals surface area contributed by atoms with Crippen LogP contribution >= 0.6 is 0 Å². The van der Waals surface area contributed by atoms with Crippen LogP contribution in [0, 0.1) is 0 Å². The molecule has 0 bridgehead atoms. The van der Waals surface area contributed by atoms with E-state index >= 15 is 0 Å². The summed E-state index contributed by atoms with van der Waals surface area (Å²) in [5.74, 6) is 0. The van der Waals surface area contributed by atoms with Crippen LogP contribution in [0.5, 0.6) is 0 Å². The molecule has 31 heavy (non-hydrogen) atoms. The first-order chi connectivity index (χ1) is 14.4. The van der Waals surface area contributed by atoms with Crippen molar-refractivity contribution in [2.24, 2.45) is 0 Å². The Balaban J connectivity index is 2.10. The van der Waals surface area contributed by atoms with Gasteiger partial charge in [0.05, 0.1) is 6.61 Å². The molecule has 4 nitrogen and oxygen atoms in total. The fourth-order valence-corrected chi connectivity index (χ4v) is 4.64.